The highest BCUT2D eigenvalue weighted by Crippen LogP contribution is 2.26. The lowest BCUT2D eigenvalue weighted by atomic mass is 9.91. The normalized spacial score (nSPS) is 12.6. The van der Waals surface area contributed by atoms with Gasteiger partial charge < -0.3 is 0 Å². The zero-order chi connectivity index (χ0) is 15.2. The zero-order valence-electron chi connectivity index (χ0n) is 13.3. The summed E-state index contributed by atoms with van der Waals surface area (Å²) in [5.41, 5.74) is 8.20. The number of nitrogens with one attached hydrogen (secondary N) is 1. The number of nitrogens with two attached hydrogens (primary N) is 1. The van der Waals surface area contributed by atoms with Gasteiger partial charge >= 0.3 is 0 Å². The Balaban J connectivity index is 2.37. The monoisotopic (exact) mass is 282 g/mol. The standard InChI is InChI=1S/C19H26N2/c1-4-16-9-5-6-11-18(16)19(21-20)17-10-7-8-15(13-17)12-14(2)3/h5-11,13-14,19,21H,4,12,20H2,1-3H3. The van der Waals surface area contributed by atoms with Crippen molar-refractivity contribution in [1.29, 1.82) is 0 Å². The lowest BCUT2D eigenvalue weighted by molar-refractivity contribution is 0.624. The summed E-state index contributed by atoms with van der Waals surface area (Å²) in [6, 6.07) is 17.3. The number of aryl methyl sites for hydroxylation is 1. The van der Waals surface area contributed by atoms with E-state index in [0.717, 1.165) is 12.8 Å². The molecule has 0 heterocycles. The summed E-state index contributed by atoms with van der Waals surface area (Å²) in [7, 11) is 0. The Kier molecular flexibility index (Phi) is 5.54. The van der Waals surface area contributed by atoms with Gasteiger partial charge in [0.15, 0.2) is 0 Å². The second-order valence-electron chi connectivity index (χ2n) is 6.00. The molecule has 0 aliphatic carbocycles. The third-order valence-electron chi connectivity index (χ3n) is 3.84. The number of hydrazine groups is 1. The van der Waals surface area contributed by atoms with E-state index in [2.05, 4.69) is 74.7 Å². The molecule has 1 atom stereocenters. The molecule has 2 aromatic carbocycles. The first kappa shape index (κ1) is 15.7. The highest BCUT2D eigenvalue weighted by atomic mass is 15.2. The molecule has 2 rings (SSSR count). The van der Waals surface area contributed by atoms with Gasteiger partial charge in [-0.05, 0) is 41.0 Å². The fourth-order valence-corrected chi connectivity index (χ4v) is 2.87. The van der Waals surface area contributed by atoms with Gasteiger partial charge in [-0.3, -0.25) is 5.84 Å². The van der Waals surface area contributed by atoms with E-state index >= 15 is 0 Å². The van der Waals surface area contributed by atoms with Crippen LogP contribution in [0.2, 0.25) is 0 Å². The largest absolute Gasteiger partial charge is 0.271 e. The molecule has 112 valence electrons. The highest BCUT2D eigenvalue weighted by Gasteiger charge is 2.15. The van der Waals surface area contributed by atoms with Crippen LogP contribution in [-0.2, 0) is 12.8 Å². The molecule has 0 aliphatic rings. The fraction of sp³-hybridized carbons (Fsp3) is 0.368. The molecule has 21 heavy (non-hydrogen) atoms. The van der Waals surface area contributed by atoms with Crippen LogP contribution in [0.5, 0.6) is 0 Å². The van der Waals surface area contributed by atoms with Crippen molar-refractivity contribution in [3.63, 3.8) is 0 Å². The summed E-state index contributed by atoms with van der Waals surface area (Å²) < 4.78 is 0. The Bertz CT molecular complexity index is 575. The smallest absolute Gasteiger partial charge is 0.0712 e. The van der Waals surface area contributed by atoms with Crippen molar-refractivity contribution in [2.45, 2.75) is 39.7 Å². The van der Waals surface area contributed by atoms with Crippen LogP contribution in [0.25, 0.3) is 0 Å². The SMILES string of the molecule is CCc1ccccc1C(NN)c1cccc(CC(C)C)c1. The maximum atomic E-state index is 5.86. The minimum atomic E-state index is 0.0493. The van der Waals surface area contributed by atoms with E-state index < -0.39 is 0 Å². The summed E-state index contributed by atoms with van der Waals surface area (Å²) in [4.78, 5) is 0. The number of benzene rings is 2. The van der Waals surface area contributed by atoms with Gasteiger partial charge in [0.25, 0.3) is 0 Å². The second kappa shape index (κ2) is 7.39. The van der Waals surface area contributed by atoms with Crippen LogP contribution in [0.3, 0.4) is 0 Å². The molecule has 0 spiro atoms. The maximum Gasteiger partial charge on any atom is 0.0712 e. The number of rotatable bonds is 6. The van der Waals surface area contributed by atoms with Crippen LogP contribution in [0, 0.1) is 5.92 Å². The number of hydrogen-bond donors (Lipinski definition) is 2. The van der Waals surface area contributed by atoms with Gasteiger partial charge in [-0.1, -0.05) is 69.3 Å². The van der Waals surface area contributed by atoms with Gasteiger partial charge in [-0.15, -0.1) is 0 Å². The Morgan fingerprint density at radius 2 is 1.81 bits per heavy atom. The van der Waals surface area contributed by atoms with Crippen molar-refractivity contribution in [1.82, 2.24) is 5.43 Å². The lowest BCUT2D eigenvalue weighted by Gasteiger charge is -2.21. The molecule has 0 saturated carbocycles. The van der Waals surface area contributed by atoms with Gasteiger partial charge in [0.2, 0.25) is 0 Å². The second-order valence-corrected chi connectivity index (χ2v) is 6.00. The molecule has 0 fully saturated rings. The van der Waals surface area contributed by atoms with E-state index in [-0.39, 0.29) is 6.04 Å². The van der Waals surface area contributed by atoms with E-state index in [1.165, 1.54) is 22.3 Å². The van der Waals surface area contributed by atoms with Crippen molar-refractivity contribution in [2.24, 2.45) is 11.8 Å². The maximum absolute atomic E-state index is 5.86. The summed E-state index contributed by atoms with van der Waals surface area (Å²) >= 11 is 0. The molecule has 2 heteroatoms. The molecule has 0 aliphatic heterocycles. The Morgan fingerprint density at radius 3 is 2.48 bits per heavy atom. The van der Waals surface area contributed by atoms with E-state index in [9.17, 15) is 0 Å². The first-order valence-corrected chi connectivity index (χ1v) is 7.78. The van der Waals surface area contributed by atoms with Crippen LogP contribution in [0.15, 0.2) is 48.5 Å². The molecular weight excluding hydrogens is 256 g/mol. The highest BCUT2D eigenvalue weighted by molar-refractivity contribution is 5.38. The summed E-state index contributed by atoms with van der Waals surface area (Å²) in [6.07, 6.45) is 2.11. The van der Waals surface area contributed by atoms with Crippen LogP contribution in [0.4, 0.5) is 0 Å². The fourth-order valence-electron chi connectivity index (χ4n) is 2.87. The van der Waals surface area contributed by atoms with E-state index in [0.29, 0.717) is 5.92 Å². The van der Waals surface area contributed by atoms with Gasteiger partial charge in [-0.25, -0.2) is 5.43 Å². The average molecular weight is 282 g/mol. The first-order chi connectivity index (χ1) is 10.2. The van der Waals surface area contributed by atoms with E-state index in [1.54, 1.807) is 0 Å². The zero-order valence-corrected chi connectivity index (χ0v) is 13.3. The molecule has 2 aromatic rings. The van der Waals surface area contributed by atoms with Crippen molar-refractivity contribution in [3.05, 3.63) is 70.8 Å². The molecule has 0 aromatic heterocycles. The van der Waals surface area contributed by atoms with Crippen LogP contribution in [-0.4, -0.2) is 0 Å². The average Bonchev–Trinajstić information content (AvgIpc) is 2.48. The summed E-state index contributed by atoms with van der Waals surface area (Å²) in [6.45, 7) is 6.68. The van der Waals surface area contributed by atoms with Crippen LogP contribution >= 0.6 is 0 Å². The third-order valence-corrected chi connectivity index (χ3v) is 3.84. The predicted molar refractivity (Wildman–Crippen MR) is 90.0 cm³/mol. The van der Waals surface area contributed by atoms with Crippen molar-refractivity contribution >= 4 is 0 Å². The van der Waals surface area contributed by atoms with E-state index in [1.807, 2.05) is 0 Å². The van der Waals surface area contributed by atoms with E-state index in [4.69, 9.17) is 5.84 Å². The van der Waals surface area contributed by atoms with Gasteiger partial charge in [0.1, 0.15) is 0 Å². The predicted octanol–water partition coefficient (Wildman–Crippen LogP) is 4.00. The third kappa shape index (κ3) is 3.93. The van der Waals surface area contributed by atoms with Gasteiger partial charge in [-0.2, -0.15) is 0 Å². The minimum absolute atomic E-state index is 0.0493. The Hall–Kier alpha value is -1.64. The van der Waals surface area contributed by atoms with Gasteiger partial charge in [0.05, 0.1) is 6.04 Å². The minimum Gasteiger partial charge on any atom is -0.271 e. The van der Waals surface area contributed by atoms with Crippen molar-refractivity contribution in [3.8, 4) is 0 Å². The van der Waals surface area contributed by atoms with Crippen molar-refractivity contribution < 1.29 is 0 Å². The van der Waals surface area contributed by atoms with Crippen LogP contribution in [0.1, 0.15) is 49.1 Å². The first-order valence-electron chi connectivity index (χ1n) is 7.78. The number of hydrogen-bond acceptors (Lipinski definition) is 2. The molecule has 0 bridgehead atoms. The molecule has 3 N–H and O–H groups in total. The molecule has 0 saturated heterocycles. The lowest BCUT2D eigenvalue weighted by Crippen LogP contribution is -2.29. The van der Waals surface area contributed by atoms with Gasteiger partial charge in [0, 0.05) is 0 Å². The summed E-state index contributed by atoms with van der Waals surface area (Å²) in [5, 5.41) is 0. The van der Waals surface area contributed by atoms with Crippen molar-refractivity contribution in [2.75, 3.05) is 0 Å². The quantitative estimate of drug-likeness (QED) is 0.621. The van der Waals surface area contributed by atoms with Crippen LogP contribution < -0.4 is 11.3 Å². The topological polar surface area (TPSA) is 38.0 Å². The molecule has 0 amide bonds. The Labute approximate surface area is 128 Å². The molecule has 1 unspecified atom stereocenters. The molecule has 0 radical (unpaired) electrons. The Morgan fingerprint density at radius 1 is 1.05 bits per heavy atom. The molecular formula is C19H26N2. The molecule has 2 nitrogen and oxygen atoms in total. The summed E-state index contributed by atoms with van der Waals surface area (Å²) in [5.74, 6) is 6.52.